The van der Waals surface area contributed by atoms with Crippen molar-refractivity contribution in [2.75, 3.05) is 27.1 Å². The summed E-state index contributed by atoms with van der Waals surface area (Å²) in [4.78, 5) is 0. The molecule has 4 heteroatoms. The van der Waals surface area contributed by atoms with E-state index in [2.05, 4.69) is 5.32 Å². The van der Waals surface area contributed by atoms with Crippen LogP contribution in [0.25, 0.3) is 0 Å². The van der Waals surface area contributed by atoms with Crippen LogP contribution in [0.3, 0.4) is 0 Å². The van der Waals surface area contributed by atoms with Gasteiger partial charge in [0.15, 0.2) is 11.5 Å². The molecule has 0 fully saturated rings. The van der Waals surface area contributed by atoms with Gasteiger partial charge in [0.1, 0.15) is 0 Å². The van der Waals surface area contributed by atoms with Crippen molar-refractivity contribution in [2.45, 2.75) is 12.5 Å². The molecule has 0 amide bonds. The van der Waals surface area contributed by atoms with Gasteiger partial charge in [-0.3, -0.25) is 0 Å². The number of halogens is 1. The molecule has 0 aromatic heterocycles. The molecule has 0 saturated heterocycles. The number of ether oxygens (including phenoxy) is 2. The van der Waals surface area contributed by atoms with E-state index in [0.29, 0.717) is 5.88 Å². The van der Waals surface area contributed by atoms with Crippen molar-refractivity contribution in [1.82, 2.24) is 5.32 Å². The van der Waals surface area contributed by atoms with E-state index in [4.69, 9.17) is 21.1 Å². The molecule has 0 saturated carbocycles. The van der Waals surface area contributed by atoms with E-state index >= 15 is 0 Å². The average Bonchev–Trinajstić information content (AvgIpc) is 2.35. The van der Waals surface area contributed by atoms with E-state index in [1.165, 1.54) is 0 Å². The molecule has 0 spiro atoms. The second kappa shape index (κ2) is 6.61. The van der Waals surface area contributed by atoms with Gasteiger partial charge in [0, 0.05) is 11.9 Å². The molecule has 3 nitrogen and oxygen atoms in total. The van der Waals surface area contributed by atoms with Crippen molar-refractivity contribution in [3.05, 3.63) is 23.8 Å². The molecule has 0 bridgehead atoms. The van der Waals surface area contributed by atoms with Gasteiger partial charge in [-0.25, -0.2) is 0 Å². The maximum absolute atomic E-state index is 5.76. The second-order valence-electron chi connectivity index (χ2n) is 3.43. The molecule has 1 aromatic rings. The number of hydrogen-bond donors (Lipinski definition) is 1. The lowest BCUT2D eigenvalue weighted by molar-refractivity contribution is 0.354. The van der Waals surface area contributed by atoms with Crippen molar-refractivity contribution in [1.29, 1.82) is 0 Å². The van der Waals surface area contributed by atoms with Crippen LogP contribution in [0.15, 0.2) is 18.2 Å². The molecule has 0 aliphatic heterocycles. The van der Waals surface area contributed by atoms with Crippen LogP contribution >= 0.6 is 11.6 Å². The smallest absolute Gasteiger partial charge is 0.161 e. The van der Waals surface area contributed by atoms with Crippen molar-refractivity contribution >= 4 is 11.6 Å². The second-order valence-corrected chi connectivity index (χ2v) is 3.81. The van der Waals surface area contributed by atoms with E-state index in [1.807, 2.05) is 25.2 Å². The number of alkyl halides is 1. The molecule has 1 aromatic carbocycles. The third kappa shape index (κ3) is 3.03. The molecular formula is C12H18ClNO2. The minimum atomic E-state index is 0.248. The fourth-order valence-electron chi connectivity index (χ4n) is 1.66. The van der Waals surface area contributed by atoms with Gasteiger partial charge in [-0.2, -0.15) is 0 Å². The van der Waals surface area contributed by atoms with Crippen LogP contribution in [-0.2, 0) is 0 Å². The Balaban J connectivity index is 2.96. The van der Waals surface area contributed by atoms with Gasteiger partial charge in [-0.1, -0.05) is 6.07 Å². The van der Waals surface area contributed by atoms with Crippen molar-refractivity contribution in [3.63, 3.8) is 0 Å². The Kier molecular flexibility index (Phi) is 5.43. The Morgan fingerprint density at radius 3 is 2.44 bits per heavy atom. The van der Waals surface area contributed by atoms with Crippen LogP contribution in [0.2, 0.25) is 0 Å². The highest BCUT2D eigenvalue weighted by atomic mass is 35.5. The Morgan fingerprint density at radius 1 is 1.25 bits per heavy atom. The van der Waals surface area contributed by atoms with Gasteiger partial charge in [0.25, 0.3) is 0 Å². The lowest BCUT2D eigenvalue weighted by Gasteiger charge is -2.17. The van der Waals surface area contributed by atoms with Crippen LogP contribution in [0.5, 0.6) is 11.5 Å². The van der Waals surface area contributed by atoms with Gasteiger partial charge in [-0.05, 0) is 31.2 Å². The first-order valence-electron chi connectivity index (χ1n) is 5.22. The predicted molar refractivity (Wildman–Crippen MR) is 66.7 cm³/mol. The number of benzene rings is 1. The topological polar surface area (TPSA) is 30.5 Å². The van der Waals surface area contributed by atoms with Gasteiger partial charge in [-0.15, -0.1) is 11.6 Å². The first-order chi connectivity index (χ1) is 7.76. The number of rotatable bonds is 6. The highest BCUT2D eigenvalue weighted by molar-refractivity contribution is 6.17. The zero-order chi connectivity index (χ0) is 12.0. The summed E-state index contributed by atoms with van der Waals surface area (Å²) in [5, 5.41) is 3.23. The number of methoxy groups -OCH3 is 2. The molecule has 0 aliphatic carbocycles. The quantitative estimate of drug-likeness (QED) is 0.779. The van der Waals surface area contributed by atoms with Gasteiger partial charge in [0.2, 0.25) is 0 Å². The molecule has 1 unspecified atom stereocenters. The van der Waals surface area contributed by atoms with Gasteiger partial charge < -0.3 is 14.8 Å². The monoisotopic (exact) mass is 243 g/mol. The lowest BCUT2D eigenvalue weighted by Crippen LogP contribution is -2.16. The molecule has 1 rings (SSSR count). The Morgan fingerprint density at radius 2 is 1.94 bits per heavy atom. The Bertz CT molecular complexity index is 331. The minimum absolute atomic E-state index is 0.248. The zero-order valence-electron chi connectivity index (χ0n) is 9.92. The lowest BCUT2D eigenvalue weighted by atomic mass is 10.0. The van der Waals surface area contributed by atoms with Crippen LogP contribution < -0.4 is 14.8 Å². The Hall–Kier alpha value is -0.930. The highest BCUT2D eigenvalue weighted by Gasteiger charge is 2.11. The molecule has 16 heavy (non-hydrogen) atoms. The van der Waals surface area contributed by atoms with E-state index < -0.39 is 0 Å². The van der Waals surface area contributed by atoms with Gasteiger partial charge >= 0.3 is 0 Å². The summed E-state index contributed by atoms with van der Waals surface area (Å²) in [7, 11) is 5.19. The summed E-state index contributed by atoms with van der Waals surface area (Å²) in [5.74, 6) is 2.11. The van der Waals surface area contributed by atoms with E-state index in [9.17, 15) is 0 Å². The fraction of sp³-hybridized carbons (Fsp3) is 0.500. The molecule has 0 heterocycles. The summed E-state index contributed by atoms with van der Waals surface area (Å²) in [5.41, 5.74) is 1.15. The van der Waals surface area contributed by atoms with Crippen LogP contribution in [0, 0.1) is 0 Å². The standard InChI is InChI=1S/C12H18ClNO2/c1-14-10(6-7-13)9-4-5-11(15-2)12(8-9)16-3/h4-5,8,10,14H,6-7H2,1-3H3. The predicted octanol–water partition coefficient (Wildman–Crippen LogP) is 2.59. The molecule has 90 valence electrons. The van der Waals surface area contributed by atoms with Crippen molar-refractivity contribution in [3.8, 4) is 11.5 Å². The first kappa shape index (κ1) is 13.1. The van der Waals surface area contributed by atoms with E-state index in [1.54, 1.807) is 14.2 Å². The van der Waals surface area contributed by atoms with Crippen molar-refractivity contribution in [2.24, 2.45) is 0 Å². The van der Waals surface area contributed by atoms with Crippen LogP contribution in [-0.4, -0.2) is 27.1 Å². The molecule has 0 aliphatic rings. The van der Waals surface area contributed by atoms with E-state index in [0.717, 1.165) is 23.5 Å². The summed E-state index contributed by atoms with van der Waals surface area (Å²) in [6.07, 6.45) is 0.882. The third-order valence-electron chi connectivity index (χ3n) is 2.56. The molecule has 1 atom stereocenters. The third-order valence-corrected chi connectivity index (χ3v) is 2.77. The highest BCUT2D eigenvalue weighted by Crippen LogP contribution is 2.30. The normalized spacial score (nSPS) is 12.2. The molecule has 1 N–H and O–H groups in total. The van der Waals surface area contributed by atoms with Gasteiger partial charge in [0.05, 0.1) is 14.2 Å². The first-order valence-corrected chi connectivity index (χ1v) is 5.75. The van der Waals surface area contributed by atoms with Crippen LogP contribution in [0.4, 0.5) is 0 Å². The minimum Gasteiger partial charge on any atom is -0.493 e. The zero-order valence-corrected chi connectivity index (χ0v) is 10.7. The fourth-order valence-corrected chi connectivity index (χ4v) is 1.87. The maximum Gasteiger partial charge on any atom is 0.161 e. The van der Waals surface area contributed by atoms with Crippen molar-refractivity contribution < 1.29 is 9.47 Å². The number of hydrogen-bond acceptors (Lipinski definition) is 3. The molecular weight excluding hydrogens is 226 g/mol. The van der Waals surface area contributed by atoms with Crippen LogP contribution in [0.1, 0.15) is 18.0 Å². The maximum atomic E-state index is 5.76. The number of nitrogens with one attached hydrogen (secondary N) is 1. The summed E-state index contributed by atoms with van der Waals surface area (Å²) >= 11 is 5.76. The summed E-state index contributed by atoms with van der Waals surface area (Å²) in [6.45, 7) is 0. The Labute approximate surface area is 102 Å². The SMILES string of the molecule is CNC(CCCl)c1ccc(OC)c(OC)c1. The molecule has 0 radical (unpaired) electrons. The summed E-state index contributed by atoms with van der Waals surface area (Å²) in [6, 6.07) is 6.16. The summed E-state index contributed by atoms with van der Waals surface area (Å²) < 4.78 is 10.5. The average molecular weight is 244 g/mol. The van der Waals surface area contributed by atoms with E-state index in [-0.39, 0.29) is 6.04 Å². The largest absolute Gasteiger partial charge is 0.493 e.